The molecule has 29 heavy (non-hydrogen) atoms. The zero-order valence-corrected chi connectivity index (χ0v) is 17.3. The van der Waals surface area contributed by atoms with Crippen LogP contribution in [0.3, 0.4) is 0 Å². The topological polar surface area (TPSA) is 72.1 Å². The molecule has 5 heteroatoms. The lowest BCUT2D eigenvalue weighted by Gasteiger charge is -2.27. The molecule has 0 aliphatic heterocycles. The summed E-state index contributed by atoms with van der Waals surface area (Å²) in [6, 6.07) is 17.6. The molecule has 0 aliphatic carbocycles. The van der Waals surface area contributed by atoms with Gasteiger partial charge in [-0.15, -0.1) is 0 Å². The van der Waals surface area contributed by atoms with E-state index < -0.39 is 0 Å². The molecular weight excluding hydrogens is 360 g/mol. The minimum absolute atomic E-state index is 0.208. The van der Waals surface area contributed by atoms with Crippen LogP contribution in [0.25, 0.3) is 0 Å². The van der Waals surface area contributed by atoms with E-state index >= 15 is 0 Å². The van der Waals surface area contributed by atoms with Crippen LogP contribution in [-0.2, 0) is 0 Å². The highest BCUT2D eigenvalue weighted by molar-refractivity contribution is 6.10. The summed E-state index contributed by atoms with van der Waals surface area (Å²) in [7, 11) is 0. The number of hydrogen-bond donors (Lipinski definition) is 1. The Balaban J connectivity index is 1.84. The van der Waals surface area contributed by atoms with Gasteiger partial charge in [-0.05, 0) is 49.1 Å². The molecule has 1 atom stereocenters. The third kappa shape index (κ3) is 4.99. The molecular formula is C24H28N4O. The number of ketones is 1. The fourth-order valence-corrected chi connectivity index (χ4v) is 3.37. The first-order valence-electron chi connectivity index (χ1n) is 10.0. The number of carbonyl (C=O) groups excluding carboxylic acids is 1. The molecule has 1 aromatic carbocycles. The van der Waals surface area contributed by atoms with Crippen LogP contribution in [0.1, 0.15) is 53.4 Å². The van der Waals surface area contributed by atoms with Crippen molar-refractivity contribution in [1.82, 2.24) is 9.97 Å². The largest absolute Gasteiger partial charge is 0.383 e. The van der Waals surface area contributed by atoms with Crippen LogP contribution in [0.5, 0.6) is 0 Å². The minimum atomic E-state index is -0.208. The van der Waals surface area contributed by atoms with Gasteiger partial charge in [0.2, 0.25) is 5.78 Å². The number of aromatic nitrogens is 2. The maximum Gasteiger partial charge on any atom is 0.215 e. The van der Waals surface area contributed by atoms with Crippen LogP contribution >= 0.6 is 0 Å². The van der Waals surface area contributed by atoms with Crippen molar-refractivity contribution in [2.45, 2.75) is 33.1 Å². The summed E-state index contributed by atoms with van der Waals surface area (Å²) in [6.45, 7) is 8.17. The van der Waals surface area contributed by atoms with E-state index in [1.165, 1.54) is 11.1 Å². The minimum Gasteiger partial charge on any atom is -0.383 e. The quantitative estimate of drug-likeness (QED) is 0.570. The van der Waals surface area contributed by atoms with Crippen LogP contribution in [0.2, 0.25) is 0 Å². The van der Waals surface area contributed by atoms with E-state index in [1.807, 2.05) is 12.1 Å². The van der Waals surface area contributed by atoms with Crippen molar-refractivity contribution in [2.75, 3.05) is 23.7 Å². The van der Waals surface area contributed by atoms with Crippen LogP contribution in [0, 0.1) is 6.92 Å². The number of nitrogens with two attached hydrogens (primary N) is 1. The zero-order chi connectivity index (χ0) is 20.8. The summed E-state index contributed by atoms with van der Waals surface area (Å²) < 4.78 is 0. The Labute approximate surface area is 172 Å². The third-order valence-corrected chi connectivity index (χ3v) is 5.01. The van der Waals surface area contributed by atoms with Gasteiger partial charge >= 0.3 is 0 Å². The SMILES string of the molecule is CCCN(CC(C)c1ccc(C)cc1)c1cccc(C(=O)c2cccnc2N)n1. The lowest BCUT2D eigenvalue weighted by atomic mass is 9.99. The number of benzene rings is 1. The van der Waals surface area contributed by atoms with E-state index in [0.717, 1.165) is 25.3 Å². The number of nitrogens with zero attached hydrogens (tertiary/aromatic N) is 3. The van der Waals surface area contributed by atoms with Gasteiger partial charge in [0.15, 0.2) is 0 Å². The molecule has 0 radical (unpaired) electrons. The second kappa shape index (κ2) is 9.32. The lowest BCUT2D eigenvalue weighted by Crippen LogP contribution is -2.29. The van der Waals surface area contributed by atoms with E-state index in [4.69, 9.17) is 5.73 Å². The first-order valence-corrected chi connectivity index (χ1v) is 10.0. The number of hydrogen-bond acceptors (Lipinski definition) is 5. The average Bonchev–Trinajstić information content (AvgIpc) is 2.74. The van der Waals surface area contributed by atoms with Gasteiger partial charge in [0, 0.05) is 19.3 Å². The summed E-state index contributed by atoms with van der Waals surface area (Å²) in [5.41, 5.74) is 9.19. The zero-order valence-electron chi connectivity index (χ0n) is 17.3. The molecule has 150 valence electrons. The van der Waals surface area contributed by atoms with Gasteiger partial charge in [0.25, 0.3) is 0 Å². The van der Waals surface area contributed by atoms with Gasteiger partial charge in [-0.1, -0.05) is 49.7 Å². The second-order valence-electron chi connectivity index (χ2n) is 7.40. The summed E-state index contributed by atoms with van der Waals surface area (Å²) >= 11 is 0. The first kappa shape index (κ1) is 20.5. The molecule has 2 heterocycles. The fraction of sp³-hybridized carbons (Fsp3) is 0.292. The molecule has 0 bridgehead atoms. The molecule has 2 N–H and O–H groups in total. The molecule has 2 aromatic heterocycles. The number of carbonyl (C=O) groups is 1. The molecule has 5 nitrogen and oxygen atoms in total. The fourth-order valence-electron chi connectivity index (χ4n) is 3.37. The van der Waals surface area contributed by atoms with Gasteiger partial charge in [-0.2, -0.15) is 0 Å². The van der Waals surface area contributed by atoms with Crippen molar-refractivity contribution >= 4 is 17.4 Å². The molecule has 0 saturated carbocycles. The van der Waals surface area contributed by atoms with Crippen LogP contribution in [-0.4, -0.2) is 28.8 Å². The maximum atomic E-state index is 12.9. The van der Waals surface area contributed by atoms with E-state index in [0.29, 0.717) is 17.2 Å². The Hall–Kier alpha value is -3.21. The molecule has 0 aliphatic rings. The van der Waals surface area contributed by atoms with Crippen LogP contribution < -0.4 is 10.6 Å². The van der Waals surface area contributed by atoms with E-state index in [-0.39, 0.29) is 11.6 Å². The Bertz CT molecular complexity index is 969. The number of nitrogen functional groups attached to an aromatic ring is 1. The highest BCUT2D eigenvalue weighted by Gasteiger charge is 2.18. The van der Waals surface area contributed by atoms with E-state index in [9.17, 15) is 4.79 Å². The standard InChI is InChI=1S/C24H28N4O/c1-4-15-28(16-18(3)19-12-10-17(2)11-13-19)22-9-5-8-21(27-22)23(29)20-7-6-14-26-24(20)25/h5-14,18H,4,15-16H2,1-3H3,(H2,25,26). The Morgan fingerprint density at radius 1 is 1.10 bits per heavy atom. The number of pyridine rings is 2. The van der Waals surface area contributed by atoms with Crippen LogP contribution in [0.4, 0.5) is 11.6 Å². The normalized spacial score (nSPS) is 11.8. The molecule has 0 amide bonds. The third-order valence-electron chi connectivity index (χ3n) is 5.01. The highest BCUT2D eigenvalue weighted by Crippen LogP contribution is 2.22. The molecule has 3 aromatic rings. The summed E-state index contributed by atoms with van der Waals surface area (Å²) in [6.07, 6.45) is 2.57. The van der Waals surface area contributed by atoms with Crippen molar-refractivity contribution in [3.8, 4) is 0 Å². The smallest absolute Gasteiger partial charge is 0.215 e. The number of rotatable bonds is 8. The van der Waals surface area contributed by atoms with Gasteiger partial charge < -0.3 is 10.6 Å². The molecule has 0 fully saturated rings. The molecule has 0 spiro atoms. The average molecular weight is 389 g/mol. The maximum absolute atomic E-state index is 12.9. The molecule has 1 unspecified atom stereocenters. The lowest BCUT2D eigenvalue weighted by molar-refractivity contribution is 0.103. The number of aryl methyl sites for hydroxylation is 1. The van der Waals surface area contributed by atoms with Crippen molar-refractivity contribution < 1.29 is 4.79 Å². The summed E-state index contributed by atoms with van der Waals surface area (Å²) in [5, 5.41) is 0. The van der Waals surface area contributed by atoms with Crippen molar-refractivity contribution in [3.63, 3.8) is 0 Å². The Morgan fingerprint density at radius 3 is 2.55 bits per heavy atom. The monoisotopic (exact) mass is 388 g/mol. The predicted octanol–water partition coefficient (Wildman–Crippen LogP) is 4.62. The predicted molar refractivity (Wildman–Crippen MR) is 118 cm³/mol. The summed E-state index contributed by atoms with van der Waals surface area (Å²) in [5.74, 6) is 1.17. The Morgan fingerprint density at radius 2 is 1.86 bits per heavy atom. The highest BCUT2D eigenvalue weighted by atomic mass is 16.1. The molecule has 3 rings (SSSR count). The summed E-state index contributed by atoms with van der Waals surface area (Å²) in [4.78, 5) is 23.8. The van der Waals surface area contributed by atoms with Crippen LogP contribution in [0.15, 0.2) is 60.8 Å². The van der Waals surface area contributed by atoms with Gasteiger partial charge in [-0.3, -0.25) is 4.79 Å². The van der Waals surface area contributed by atoms with E-state index in [1.54, 1.807) is 24.4 Å². The van der Waals surface area contributed by atoms with Gasteiger partial charge in [0.1, 0.15) is 17.3 Å². The van der Waals surface area contributed by atoms with Gasteiger partial charge in [0.05, 0.1) is 5.56 Å². The van der Waals surface area contributed by atoms with Crippen molar-refractivity contribution in [3.05, 3.63) is 83.2 Å². The van der Waals surface area contributed by atoms with Crippen molar-refractivity contribution in [2.24, 2.45) is 0 Å². The Kier molecular flexibility index (Phi) is 6.60. The van der Waals surface area contributed by atoms with Crippen molar-refractivity contribution in [1.29, 1.82) is 0 Å². The first-order chi connectivity index (χ1) is 14.0. The second-order valence-corrected chi connectivity index (χ2v) is 7.40. The number of anilines is 2. The van der Waals surface area contributed by atoms with E-state index in [2.05, 4.69) is 59.9 Å². The molecule has 0 saturated heterocycles. The van der Waals surface area contributed by atoms with Gasteiger partial charge in [-0.25, -0.2) is 9.97 Å².